The number of alkyl halides is 3. The number of hydrazine groups is 1. The highest BCUT2D eigenvalue weighted by atomic mass is 19.4. The summed E-state index contributed by atoms with van der Waals surface area (Å²) in [5.41, 5.74) is 3.20. The molecule has 0 unspecified atom stereocenters. The topological polar surface area (TPSA) is 89.3 Å². The fraction of sp³-hybridized carbons (Fsp3) is 0.455. The van der Waals surface area contributed by atoms with Crippen molar-refractivity contribution in [2.45, 2.75) is 13.1 Å². The van der Waals surface area contributed by atoms with E-state index in [1.54, 1.807) is 6.92 Å². The SMILES string of the molecule is Cc1cc(C(=O)NCCOCC(F)(F)F)cc(NN)n1. The molecule has 0 aliphatic carbocycles. The number of nitrogen functional groups attached to an aromatic ring is 1. The van der Waals surface area contributed by atoms with Crippen LogP contribution in [0.15, 0.2) is 12.1 Å². The summed E-state index contributed by atoms with van der Waals surface area (Å²) in [6, 6.07) is 2.96. The highest BCUT2D eigenvalue weighted by Gasteiger charge is 2.27. The fourth-order valence-electron chi connectivity index (χ4n) is 1.40. The molecule has 0 fully saturated rings. The van der Waals surface area contributed by atoms with Crippen molar-refractivity contribution >= 4 is 11.7 Å². The average molecular weight is 292 g/mol. The van der Waals surface area contributed by atoms with E-state index in [9.17, 15) is 18.0 Å². The van der Waals surface area contributed by atoms with E-state index >= 15 is 0 Å². The number of rotatable bonds is 6. The predicted molar refractivity (Wildman–Crippen MR) is 66.0 cm³/mol. The summed E-state index contributed by atoms with van der Waals surface area (Å²) < 4.78 is 39.8. The van der Waals surface area contributed by atoms with Crippen molar-refractivity contribution in [3.05, 3.63) is 23.4 Å². The number of pyridine rings is 1. The third kappa shape index (κ3) is 5.85. The Labute approximate surface area is 113 Å². The Morgan fingerprint density at radius 2 is 2.15 bits per heavy atom. The van der Waals surface area contributed by atoms with Gasteiger partial charge in [0.25, 0.3) is 5.91 Å². The largest absolute Gasteiger partial charge is 0.411 e. The summed E-state index contributed by atoms with van der Waals surface area (Å²) in [6.07, 6.45) is -4.37. The second-order valence-corrected chi connectivity index (χ2v) is 3.95. The fourth-order valence-corrected chi connectivity index (χ4v) is 1.40. The summed E-state index contributed by atoms with van der Waals surface area (Å²) in [5.74, 6) is 5.08. The zero-order chi connectivity index (χ0) is 15.2. The zero-order valence-corrected chi connectivity index (χ0v) is 10.8. The molecule has 0 spiro atoms. The van der Waals surface area contributed by atoms with Gasteiger partial charge in [-0.15, -0.1) is 0 Å². The van der Waals surface area contributed by atoms with E-state index in [2.05, 4.69) is 20.5 Å². The number of carbonyl (C=O) groups is 1. The minimum absolute atomic E-state index is 0.0261. The van der Waals surface area contributed by atoms with Crippen LogP contribution >= 0.6 is 0 Å². The molecule has 1 rings (SSSR count). The van der Waals surface area contributed by atoms with Crippen molar-refractivity contribution in [2.75, 3.05) is 25.2 Å². The van der Waals surface area contributed by atoms with E-state index in [1.165, 1.54) is 12.1 Å². The summed E-state index contributed by atoms with van der Waals surface area (Å²) >= 11 is 0. The molecular formula is C11H15F3N4O2. The van der Waals surface area contributed by atoms with Gasteiger partial charge >= 0.3 is 6.18 Å². The number of nitrogens with zero attached hydrogens (tertiary/aromatic N) is 1. The lowest BCUT2D eigenvalue weighted by atomic mass is 10.2. The van der Waals surface area contributed by atoms with Crippen LogP contribution in [0.1, 0.15) is 16.1 Å². The first-order valence-electron chi connectivity index (χ1n) is 5.70. The number of nitrogens with one attached hydrogen (secondary N) is 2. The van der Waals surface area contributed by atoms with Gasteiger partial charge in [0.2, 0.25) is 0 Å². The molecule has 0 aliphatic heterocycles. The first-order chi connectivity index (χ1) is 9.31. The maximum absolute atomic E-state index is 11.8. The van der Waals surface area contributed by atoms with E-state index in [0.29, 0.717) is 17.1 Å². The van der Waals surface area contributed by atoms with E-state index < -0.39 is 18.7 Å². The van der Waals surface area contributed by atoms with Crippen molar-refractivity contribution in [2.24, 2.45) is 5.84 Å². The Balaban J connectivity index is 2.41. The molecule has 0 bridgehead atoms. The van der Waals surface area contributed by atoms with Gasteiger partial charge in [-0.1, -0.05) is 0 Å². The molecule has 0 saturated carbocycles. The second-order valence-electron chi connectivity index (χ2n) is 3.95. The predicted octanol–water partition coefficient (Wildman–Crippen LogP) is 0.984. The quantitative estimate of drug-likeness (QED) is 0.413. The molecule has 0 aromatic carbocycles. The smallest absolute Gasteiger partial charge is 0.370 e. The monoisotopic (exact) mass is 292 g/mol. The Bertz CT molecular complexity index is 465. The van der Waals surface area contributed by atoms with Crippen molar-refractivity contribution < 1.29 is 22.7 Å². The van der Waals surface area contributed by atoms with Crippen molar-refractivity contribution in [3.63, 3.8) is 0 Å². The maximum atomic E-state index is 11.8. The zero-order valence-electron chi connectivity index (χ0n) is 10.8. The number of ether oxygens (including phenoxy) is 1. The van der Waals surface area contributed by atoms with Crippen LogP contribution < -0.4 is 16.6 Å². The number of hydrogen-bond donors (Lipinski definition) is 3. The number of nitrogens with two attached hydrogens (primary N) is 1. The Hall–Kier alpha value is -1.87. The number of carbonyl (C=O) groups excluding carboxylic acids is 1. The van der Waals surface area contributed by atoms with Crippen LogP contribution in [0, 0.1) is 6.92 Å². The Kier molecular flexibility index (Phi) is 5.71. The van der Waals surface area contributed by atoms with E-state index in [-0.39, 0.29) is 13.2 Å². The van der Waals surface area contributed by atoms with Crippen LogP contribution in [0.5, 0.6) is 0 Å². The molecule has 112 valence electrons. The minimum atomic E-state index is -4.37. The molecule has 1 aromatic heterocycles. The lowest BCUT2D eigenvalue weighted by Crippen LogP contribution is -2.29. The first-order valence-corrected chi connectivity index (χ1v) is 5.70. The van der Waals surface area contributed by atoms with Gasteiger partial charge in [0, 0.05) is 17.8 Å². The average Bonchev–Trinajstić information content (AvgIpc) is 2.36. The van der Waals surface area contributed by atoms with Gasteiger partial charge in [-0.2, -0.15) is 13.2 Å². The van der Waals surface area contributed by atoms with Crippen LogP contribution in [0.3, 0.4) is 0 Å². The third-order valence-corrected chi connectivity index (χ3v) is 2.16. The summed E-state index contributed by atoms with van der Waals surface area (Å²) in [5, 5.41) is 2.44. The van der Waals surface area contributed by atoms with E-state index in [0.717, 1.165) is 0 Å². The summed E-state index contributed by atoms with van der Waals surface area (Å²) in [4.78, 5) is 15.7. The molecule has 0 atom stereocenters. The molecule has 1 aromatic rings. The molecule has 0 radical (unpaired) electrons. The van der Waals surface area contributed by atoms with E-state index in [1.807, 2.05) is 0 Å². The normalized spacial score (nSPS) is 11.2. The van der Waals surface area contributed by atoms with Crippen LogP contribution in [-0.2, 0) is 4.74 Å². The van der Waals surface area contributed by atoms with Crippen LogP contribution in [0.4, 0.5) is 19.0 Å². The Morgan fingerprint density at radius 3 is 2.75 bits per heavy atom. The summed E-state index contributed by atoms with van der Waals surface area (Å²) in [6.45, 7) is 0.0987. The van der Waals surface area contributed by atoms with Gasteiger partial charge in [0.05, 0.1) is 6.61 Å². The van der Waals surface area contributed by atoms with Crippen molar-refractivity contribution in [3.8, 4) is 0 Å². The molecule has 20 heavy (non-hydrogen) atoms. The van der Waals surface area contributed by atoms with Gasteiger partial charge in [-0.3, -0.25) is 4.79 Å². The highest BCUT2D eigenvalue weighted by molar-refractivity contribution is 5.94. The van der Waals surface area contributed by atoms with Crippen LogP contribution in [0.2, 0.25) is 0 Å². The lowest BCUT2D eigenvalue weighted by molar-refractivity contribution is -0.173. The number of amides is 1. The molecular weight excluding hydrogens is 277 g/mol. The van der Waals surface area contributed by atoms with Crippen LogP contribution in [0.25, 0.3) is 0 Å². The standard InChI is InChI=1S/C11H15F3N4O2/c1-7-4-8(5-9(17-7)18-15)10(19)16-2-3-20-6-11(12,13)14/h4-5H,2-3,6,15H2,1H3,(H,16,19)(H,17,18). The van der Waals surface area contributed by atoms with Gasteiger partial charge < -0.3 is 15.5 Å². The molecule has 1 heterocycles. The Morgan fingerprint density at radius 1 is 1.45 bits per heavy atom. The minimum Gasteiger partial charge on any atom is -0.370 e. The second kappa shape index (κ2) is 7.06. The molecule has 0 aliphatic rings. The van der Waals surface area contributed by atoms with Gasteiger partial charge in [0.1, 0.15) is 12.4 Å². The molecule has 0 saturated heterocycles. The third-order valence-electron chi connectivity index (χ3n) is 2.16. The molecule has 6 nitrogen and oxygen atoms in total. The number of anilines is 1. The molecule has 1 amide bonds. The van der Waals surface area contributed by atoms with Gasteiger partial charge in [0.15, 0.2) is 0 Å². The van der Waals surface area contributed by atoms with Gasteiger partial charge in [-0.05, 0) is 19.1 Å². The number of halogens is 3. The van der Waals surface area contributed by atoms with E-state index in [4.69, 9.17) is 5.84 Å². The molecule has 9 heteroatoms. The number of hydrogen-bond acceptors (Lipinski definition) is 5. The summed E-state index contributed by atoms with van der Waals surface area (Å²) in [7, 11) is 0. The first kappa shape index (κ1) is 16.2. The van der Waals surface area contributed by atoms with Crippen LogP contribution in [-0.4, -0.2) is 36.8 Å². The number of aryl methyl sites for hydroxylation is 1. The van der Waals surface area contributed by atoms with Crippen molar-refractivity contribution in [1.82, 2.24) is 10.3 Å². The van der Waals surface area contributed by atoms with Gasteiger partial charge in [-0.25, -0.2) is 10.8 Å². The molecule has 4 N–H and O–H groups in total. The lowest BCUT2D eigenvalue weighted by Gasteiger charge is -2.09. The highest BCUT2D eigenvalue weighted by Crippen LogP contribution is 2.14. The van der Waals surface area contributed by atoms with Crippen molar-refractivity contribution in [1.29, 1.82) is 0 Å². The maximum Gasteiger partial charge on any atom is 0.411 e. The number of aromatic nitrogens is 1.